The Balaban J connectivity index is 2.07. The summed E-state index contributed by atoms with van der Waals surface area (Å²) >= 11 is 6.12. The van der Waals surface area contributed by atoms with Gasteiger partial charge in [0.1, 0.15) is 16.5 Å². The molecule has 5 nitrogen and oxygen atoms in total. The average molecular weight is 321 g/mol. The first-order valence-electron chi connectivity index (χ1n) is 6.81. The predicted octanol–water partition coefficient (Wildman–Crippen LogP) is 3.66. The van der Waals surface area contributed by atoms with Crippen LogP contribution in [-0.4, -0.2) is 17.5 Å². The van der Waals surface area contributed by atoms with Gasteiger partial charge in [-0.05, 0) is 30.2 Å². The number of primary amides is 1. The van der Waals surface area contributed by atoms with Gasteiger partial charge in [-0.25, -0.2) is 4.98 Å². The summed E-state index contributed by atoms with van der Waals surface area (Å²) in [5.41, 5.74) is 5.60. The zero-order valence-electron chi connectivity index (χ0n) is 12.4. The molecule has 1 amide bonds. The van der Waals surface area contributed by atoms with E-state index in [9.17, 15) is 4.79 Å². The summed E-state index contributed by atoms with van der Waals surface area (Å²) in [6.45, 7) is 4.63. The molecule has 0 unspecified atom stereocenters. The van der Waals surface area contributed by atoms with Crippen LogP contribution in [0.2, 0.25) is 5.02 Å². The molecule has 0 spiro atoms. The van der Waals surface area contributed by atoms with E-state index in [0.29, 0.717) is 40.5 Å². The Kier molecular flexibility index (Phi) is 5.22. The van der Waals surface area contributed by atoms with Gasteiger partial charge in [-0.2, -0.15) is 0 Å². The molecule has 0 saturated heterocycles. The van der Waals surface area contributed by atoms with Crippen molar-refractivity contribution < 1.29 is 14.3 Å². The molecule has 116 valence electrons. The van der Waals surface area contributed by atoms with Crippen LogP contribution in [-0.2, 0) is 0 Å². The third-order valence-corrected chi connectivity index (χ3v) is 2.98. The highest BCUT2D eigenvalue weighted by molar-refractivity contribution is 6.31. The molecule has 2 N–H and O–H groups in total. The molecule has 0 bridgehead atoms. The molecule has 22 heavy (non-hydrogen) atoms. The molecule has 0 aliphatic heterocycles. The molecule has 0 atom stereocenters. The number of amides is 1. The van der Waals surface area contributed by atoms with Crippen LogP contribution >= 0.6 is 11.6 Å². The highest BCUT2D eigenvalue weighted by Crippen LogP contribution is 2.29. The van der Waals surface area contributed by atoms with Gasteiger partial charge in [-0.1, -0.05) is 25.4 Å². The zero-order valence-corrected chi connectivity index (χ0v) is 13.1. The largest absolute Gasteiger partial charge is 0.476 e. The van der Waals surface area contributed by atoms with E-state index in [2.05, 4.69) is 4.98 Å². The quantitative estimate of drug-likeness (QED) is 0.881. The summed E-state index contributed by atoms with van der Waals surface area (Å²) in [6, 6.07) is 8.11. The smallest absolute Gasteiger partial charge is 0.248 e. The molecule has 2 aromatic rings. The van der Waals surface area contributed by atoms with Crippen LogP contribution < -0.4 is 15.2 Å². The molecule has 1 aromatic carbocycles. The van der Waals surface area contributed by atoms with Crippen molar-refractivity contribution in [3.05, 3.63) is 47.1 Å². The molecular weight excluding hydrogens is 304 g/mol. The van der Waals surface area contributed by atoms with Gasteiger partial charge in [-0.3, -0.25) is 4.79 Å². The fourth-order valence-electron chi connectivity index (χ4n) is 1.64. The van der Waals surface area contributed by atoms with E-state index in [1.165, 1.54) is 6.20 Å². The summed E-state index contributed by atoms with van der Waals surface area (Å²) in [4.78, 5) is 15.1. The van der Waals surface area contributed by atoms with Gasteiger partial charge in [0.25, 0.3) is 0 Å². The van der Waals surface area contributed by atoms with Gasteiger partial charge < -0.3 is 15.2 Å². The summed E-state index contributed by atoms with van der Waals surface area (Å²) < 4.78 is 11.1. The number of hydrogen-bond donors (Lipinski definition) is 1. The standard InChI is InChI=1S/C16H17ClN2O3/c1-10(2)9-21-16-14(17)7-13(8-19-16)22-12-5-3-11(4-6-12)15(18)20/h3-8,10H,9H2,1-2H3,(H2,18,20). The van der Waals surface area contributed by atoms with E-state index in [-0.39, 0.29) is 0 Å². The Bertz CT molecular complexity index is 657. The van der Waals surface area contributed by atoms with Crippen molar-refractivity contribution in [3.63, 3.8) is 0 Å². The van der Waals surface area contributed by atoms with E-state index in [0.717, 1.165) is 0 Å². The summed E-state index contributed by atoms with van der Waals surface area (Å²) in [7, 11) is 0. The van der Waals surface area contributed by atoms with Gasteiger partial charge in [0.2, 0.25) is 11.8 Å². The topological polar surface area (TPSA) is 74.4 Å². The number of carbonyl (C=O) groups is 1. The number of benzene rings is 1. The molecule has 0 aliphatic carbocycles. The van der Waals surface area contributed by atoms with Gasteiger partial charge in [0, 0.05) is 11.6 Å². The highest BCUT2D eigenvalue weighted by atomic mass is 35.5. The maximum absolute atomic E-state index is 11.0. The highest BCUT2D eigenvalue weighted by Gasteiger charge is 2.08. The van der Waals surface area contributed by atoms with E-state index in [4.69, 9.17) is 26.8 Å². The van der Waals surface area contributed by atoms with E-state index >= 15 is 0 Å². The maximum atomic E-state index is 11.0. The first-order valence-corrected chi connectivity index (χ1v) is 7.19. The number of halogens is 1. The van der Waals surface area contributed by atoms with Crippen molar-refractivity contribution in [3.8, 4) is 17.4 Å². The normalized spacial score (nSPS) is 10.5. The van der Waals surface area contributed by atoms with Crippen LogP contribution in [0.15, 0.2) is 36.5 Å². The van der Waals surface area contributed by atoms with Crippen LogP contribution in [0.5, 0.6) is 17.4 Å². The molecule has 0 aliphatic rings. The lowest BCUT2D eigenvalue weighted by molar-refractivity contribution is 0.100. The number of ether oxygens (including phenoxy) is 2. The van der Waals surface area contributed by atoms with Crippen LogP contribution in [0.4, 0.5) is 0 Å². The van der Waals surface area contributed by atoms with Crippen LogP contribution in [0.1, 0.15) is 24.2 Å². The van der Waals surface area contributed by atoms with Crippen molar-refractivity contribution in [1.29, 1.82) is 0 Å². The Morgan fingerprint density at radius 1 is 1.27 bits per heavy atom. The van der Waals surface area contributed by atoms with E-state index in [1.54, 1.807) is 30.3 Å². The molecule has 0 fully saturated rings. The molecule has 1 aromatic heterocycles. The van der Waals surface area contributed by atoms with Gasteiger partial charge in [0.05, 0.1) is 12.8 Å². The molecule has 0 saturated carbocycles. The minimum atomic E-state index is -0.483. The minimum absolute atomic E-state index is 0.381. The number of carbonyl (C=O) groups excluding carboxylic acids is 1. The summed E-state index contributed by atoms with van der Waals surface area (Å²) in [5, 5.41) is 0.381. The second-order valence-corrected chi connectivity index (χ2v) is 5.56. The van der Waals surface area contributed by atoms with Crippen molar-refractivity contribution in [2.75, 3.05) is 6.61 Å². The van der Waals surface area contributed by atoms with E-state index in [1.807, 2.05) is 13.8 Å². The van der Waals surface area contributed by atoms with Crippen molar-refractivity contribution >= 4 is 17.5 Å². The van der Waals surface area contributed by atoms with Crippen molar-refractivity contribution in [2.24, 2.45) is 11.7 Å². The SMILES string of the molecule is CC(C)COc1ncc(Oc2ccc(C(N)=O)cc2)cc1Cl. The molecule has 0 radical (unpaired) electrons. The first kappa shape index (κ1) is 16.1. The van der Waals surface area contributed by atoms with Gasteiger partial charge in [0.15, 0.2) is 0 Å². The first-order chi connectivity index (χ1) is 10.5. The lowest BCUT2D eigenvalue weighted by Gasteiger charge is -2.11. The second kappa shape index (κ2) is 7.13. The molecule has 6 heteroatoms. The predicted molar refractivity (Wildman–Crippen MR) is 84.6 cm³/mol. The Morgan fingerprint density at radius 3 is 2.50 bits per heavy atom. The monoisotopic (exact) mass is 320 g/mol. The van der Waals surface area contributed by atoms with Gasteiger partial charge >= 0.3 is 0 Å². The minimum Gasteiger partial charge on any atom is -0.476 e. The van der Waals surface area contributed by atoms with Crippen LogP contribution in [0, 0.1) is 5.92 Å². The van der Waals surface area contributed by atoms with E-state index < -0.39 is 5.91 Å². The third kappa shape index (κ3) is 4.36. The van der Waals surface area contributed by atoms with Crippen LogP contribution in [0.3, 0.4) is 0 Å². The molecule has 2 rings (SSSR count). The fraction of sp³-hybridized carbons (Fsp3) is 0.250. The number of pyridine rings is 1. The second-order valence-electron chi connectivity index (χ2n) is 5.15. The lowest BCUT2D eigenvalue weighted by Crippen LogP contribution is -2.10. The number of hydrogen-bond acceptors (Lipinski definition) is 4. The van der Waals surface area contributed by atoms with Crippen LogP contribution in [0.25, 0.3) is 0 Å². The average Bonchev–Trinajstić information content (AvgIpc) is 2.47. The van der Waals surface area contributed by atoms with Gasteiger partial charge in [-0.15, -0.1) is 0 Å². The van der Waals surface area contributed by atoms with Crippen molar-refractivity contribution in [2.45, 2.75) is 13.8 Å². The Hall–Kier alpha value is -2.27. The summed E-state index contributed by atoms with van der Waals surface area (Å²) in [5.74, 6) is 1.32. The maximum Gasteiger partial charge on any atom is 0.248 e. The Morgan fingerprint density at radius 2 is 1.95 bits per heavy atom. The molecule has 1 heterocycles. The number of aromatic nitrogens is 1. The number of nitrogens with two attached hydrogens (primary N) is 1. The number of rotatable bonds is 6. The third-order valence-electron chi connectivity index (χ3n) is 2.71. The number of nitrogens with zero attached hydrogens (tertiary/aromatic N) is 1. The van der Waals surface area contributed by atoms with Crippen molar-refractivity contribution in [1.82, 2.24) is 4.98 Å². The lowest BCUT2D eigenvalue weighted by atomic mass is 10.2. The fourth-order valence-corrected chi connectivity index (χ4v) is 1.85. The molecular formula is C16H17ClN2O3. The Labute approximate surface area is 134 Å². The zero-order chi connectivity index (χ0) is 16.1. The summed E-state index contributed by atoms with van der Waals surface area (Å²) in [6.07, 6.45) is 1.53.